The molecule has 7 nitrogen and oxygen atoms in total. The lowest BCUT2D eigenvalue weighted by Gasteiger charge is -2.37. The summed E-state index contributed by atoms with van der Waals surface area (Å²) in [6.07, 6.45) is 3.71. The summed E-state index contributed by atoms with van der Waals surface area (Å²) in [5, 5.41) is 7.25. The summed E-state index contributed by atoms with van der Waals surface area (Å²) in [7, 11) is 0. The van der Waals surface area contributed by atoms with Gasteiger partial charge in [0.2, 0.25) is 5.91 Å². The predicted molar refractivity (Wildman–Crippen MR) is 128 cm³/mol. The Bertz CT molecular complexity index is 985. The summed E-state index contributed by atoms with van der Waals surface area (Å²) in [5.74, 6) is 1.000. The maximum Gasteiger partial charge on any atom is 0.274 e. The van der Waals surface area contributed by atoms with E-state index in [1.165, 1.54) is 5.69 Å². The Balaban J connectivity index is 1.11. The monoisotopic (exact) mass is 449 g/mol. The number of piperazine rings is 1. The van der Waals surface area contributed by atoms with Gasteiger partial charge in [-0.3, -0.25) is 14.7 Å². The molecule has 2 aliphatic heterocycles. The maximum absolute atomic E-state index is 13.2. The molecule has 0 unspecified atom stereocenters. The third-order valence-electron chi connectivity index (χ3n) is 7.73. The van der Waals surface area contributed by atoms with Crippen LogP contribution in [-0.2, 0) is 11.2 Å². The average Bonchev–Trinajstić information content (AvgIpc) is 3.33. The van der Waals surface area contributed by atoms with Crippen LogP contribution in [0, 0.1) is 17.3 Å². The van der Waals surface area contributed by atoms with E-state index in [-0.39, 0.29) is 17.2 Å². The highest BCUT2D eigenvalue weighted by Crippen LogP contribution is 2.60. The van der Waals surface area contributed by atoms with Crippen LogP contribution in [0.25, 0.3) is 0 Å². The van der Waals surface area contributed by atoms with Crippen molar-refractivity contribution in [1.82, 2.24) is 20.0 Å². The Hall–Kier alpha value is -2.83. The highest BCUT2D eigenvalue weighted by molar-refractivity contribution is 5.92. The van der Waals surface area contributed by atoms with E-state index < -0.39 is 0 Å². The minimum absolute atomic E-state index is 0.0108. The highest BCUT2D eigenvalue weighted by Gasteiger charge is 2.59. The molecule has 2 aromatic rings. The highest BCUT2D eigenvalue weighted by atomic mass is 16.2. The molecule has 3 heterocycles. The second kappa shape index (κ2) is 8.84. The summed E-state index contributed by atoms with van der Waals surface area (Å²) in [6.45, 7) is 9.12. The Morgan fingerprint density at radius 2 is 1.73 bits per heavy atom. The van der Waals surface area contributed by atoms with Gasteiger partial charge >= 0.3 is 0 Å². The number of benzene rings is 1. The van der Waals surface area contributed by atoms with Gasteiger partial charge in [-0.15, -0.1) is 0 Å². The number of hydrogen-bond donors (Lipinski definition) is 1. The Morgan fingerprint density at radius 1 is 1.03 bits per heavy atom. The first-order chi connectivity index (χ1) is 15.9. The van der Waals surface area contributed by atoms with Gasteiger partial charge in [0.15, 0.2) is 0 Å². The van der Waals surface area contributed by atoms with Gasteiger partial charge in [0, 0.05) is 56.6 Å². The smallest absolute Gasteiger partial charge is 0.274 e. The van der Waals surface area contributed by atoms with Crippen LogP contribution in [0.2, 0.25) is 0 Å². The van der Waals surface area contributed by atoms with Gasteiger partial charge < -0.3 is 14.7 Å². The van der Waals surface area contributed by atoms with Crippen molar-refractivity contribution in [2.45, 2.75) is 39.5 Å². The van der Waals surface area contributed by atoms with E-state index in [4.69, 9.17) is 0 Å². The van der Waals surface area contributed by atoms with Gasteiger partial charge in [0.1, 0.15) is 5.69 Å². The molecule has 1 aliphatic carbocycles. The van der Waals surface area contributed by atoms with Gasteiger partial charge in [0.25, 0.3) is 5.91 Å². The zero-order chi connectivity index (χ0) is 23.0. The number of hydrogen-bond acceptors (Lipinski definition) is 4. The quantitative estimate of drug-likeness (QED) is 0.761. The SMILES string of the molecule is CC(C)Cc1cc(C(=O)N2CCC3(CC2)C[C@@H]3C(=O)N2CCN(c3ccccc3)CC2)n[nH]1. The summed E-state index contributed by atoms with van der Waals surface area (Å²) < 4.78 is 0. The number of amides is 2. The number of aromatic nitrogens is 2. The lowest BCUT2D eigenvalue weighted by atomic mass is 9.90. The molecular formula is C26H35N5O2. The predicted octanol–water partition coefficient (Wildman–Crippen LogP) is 3.20. The molecule has 5 rings (SSSR count). The number of piperidine rings is 1. The zero-order valence-corrected chi connectivity index (χ0v) is 19.8. The molecule has 176 valence electrons. The van der Waals surface area contributed by atoms with E-state index >= 15 is 0 Å². The third kappa shape index (κ3) is 4.50. The van der Waals surface area contributed by atoms with Gasteiger partial charge in [-0.2, -0.15) is 5.10 Å². The molecular weight excluding hydrogens is 414 g/mol. The van der Waals surface area contributed by atoms with Crippen LogP contribution in [0.15, 0.2) is 36.4 Å². The standard InChI is InChI=1S/C26H35N5O2/c1-19(2)16-20-17-23(28-27-20)25(33)30-10-8-26(9-11-30)18-22(26)24(32)31-14-12-29(13-15-31)21-6-4-3-5-7-21/h3-7,17,19,22H,8-16,18H2,1-2H3,(H,27,28)/t22-/m1/s1. The van der Waals surface area contributed by atoms with Gasteiger partial charge in [-0.1, -0.05) is 32.0 Å². The molecule has 3 fully saturated rings. The number of rotatable bonds is 5. The molecule has 0 bridgehead atoms. The van der Waals surface area contributed by atoms with Crippen LogP contribution in [0.1, 0.15) is 49.3 Å². The van der Waals surface area contributed by atoms with E-state index in [2.05, 4.69) is 58.1 Å². The summed E-state index contributed by atoms with van der Waals surface area (Å²) >= 11 is 0. The van der Waals surface area contributed by atoms with E-state index in [9.17, 15) is 9.59 Å². The number of carbonyl (C=O) groups is 2. The molecule has 1 N–H and O–H groups in total. The Labute approximate surface area is 196 Å². The second-order valence-electron chi connectivity index (χ2n) is 10.4. The molecule has 0 radical (unpaired) electrons. The fraction of sp³-hybridized carbons (Fsp3) is 0.577. The molecule has 7 heteroatoms. The number of aromatic amines is 1. The van der Waals surface area contributed by atoms with Crippen LogP contribution in [-0.4, -0.2) is 71.1 Å². The van der Waals surface area contributed by atoms with Crippen molar-refractivity contribution in [1.29, 1.82) is 0 Å². The van der Waals surface area contributed by atoms with Gasteiger partial charge in [-0.05, 0) is 55.2 Å². The molecule has 1 saturated carbocycles. The Morgan fingerprint density at radius 3 is 2.39 bits per heavy atom. The number of para-hydroxylation sites is 1. The number of nitrogens with zero attached hydrogens (tertiary/aromatic N) is 4. The minimum atomic E-state index is 0.0108. The molecule has 2 amide bonds. The molecule has 1 aromatic carbocycles. The molecule has 1 atom stereocenters. The zero-order valence-electron chi connectivity index (χ0n) is 19.8. The molecule has 1 aromatic heterocycles. The molecule has 3 aliphatic rings. The van der Waals surface area contributed by atoms with Crippen LogP contribution < -0.4 is 4.90 Å². The number of nitrogens with one attached hydrogen (secondary N) is 1. The number of carbonyl (C=O) groups excluding carboxylic acids is 2. The lowest BCUT2D eigenvalue weighted by molar-refractivity contribution is -0.134. The van der Waals surface area contributed by atoms with Crippen molar-refractivity contribution in [3.05, 3.63) is 47.8 Å². The average molecular weight is 450 g/mol. The summed E-state index contributed by atoms with van der Waals surface area (Å²) in [6, 6.07) is 12.3. The molecule has 1 spiro atoms. The Kier molecular flexibility index (Phi) is 5.89. The van der Waals surface area contributed by atoms with E-state index in [1.807, 2.05) is 17.0 Å². The van der Waals surface area contributed by atoms with Crippen LogP contribution in [0.3, 0.4) is 0 Å². The first-order valence-corrected chi connectivity index (χ1v) is 12.4. The first-order valence-electron chi connectivity index (χ1n) is 12.4. The number of H-pyrrole nitrogens is 1. The van der Waals surface area contributed by atoms with E-state index in [0.29, 0.717) is 17.5 Å². The largest absolute Gasteiger partial charge is 0.368 e. The third-order valence-corrected chi connectivity index (χ3v) is 7.73. The lowest BCUT2D eigenvalue weighted by Crippen LogP contribution is -2.50. The summed E-state index contributed by atoms with van der Waals surface area (Å²) in [4.78, 5) is 32.5. The molecule has 33 heavy (non-hydrogen) atoms. The first kappa shape index (κ1) is 22.0. The molecule has 2 saturated heterocycles. The second-order valence-corrected chi connectivity index (χ2v) is 10.4. The van der Waals surface area contributed by atoms with E-state index in [1.54, 1.807) is 0 Å². The van der Waals surface area contributed by atoms with Crippen molar-refractivity contribution >= 4 is 17.5 Å². The van der Waals surface area contributed by atoms with Crippen LogP contribution in [0.4, 0.5) is 5.69 Å². The normalized spacial score (nSPS) is 22.2. The van der Waals surface area contributed by atoms with Gasteiger partial charge in [0.05, 0.1) is 0 Å². The van der Waals surface area contributed by atoms with Crippen molar-refractivity contribution in [3.63, 3.8) is 0 Å². The fourth-order valence-electron chi connectivity index (χ4n) is 5.63. The topological polar surface area (TPSA) is 72.5 Å². The van der Waals surface area contributed by atoms with Crippen molar-refractivity contribution in [2.24, 2.45) is 17.3 Å². The van der Waals surface area contributed by atoms with Crippen molar-refractivity contribution < 1.29 is 9.59 Å². The van der Waals surface area contributed by atoms with Crippen molar-refractivity contribution in [3.8, 4) is 0 Å². The maximum atomic E-state index is 13.2. The summed E-state index contributed by atoms with van der Waals surface area (Å²) in [5.41, 5.74) is 2.87. The van der Waals surface area contributed by atoms with Crippen LogP contribution >= 0.6 is 0 Å². The minimum Gasteiger partial charge on any atom is -0.368 e. The van der Waals surface area contributed by atoms with Crippen molar-refractivity contribution in [2.75, 3.05) is 44.2 Å². The van der Waals surface area contributed by atoms with Gasteiger partial charge in [-0.25, -0.2) is 0 Å². The van der Waals surface area contributed by atoms with Crippen LogP contribution in [0.5, 0.6) is 0 Å². The number of anilines is 1. The number of likely N-dealkylation sites (tertiary alicyclic amines) is 1. The fourth-order valence-corrected chi connectivity index (χ4v) is 5.63. The van der Waals surface area contributed by atoms with E-state index in [0.717, 1.165) is 70.6 Å².